The average Bonchev–Trinajstić information content (AvgIpc) is 3.58. The van der Waals surface area contributed by atoms with E-state index in [9.17, 15) is 0 Å². The van der Waals surface area contributed by atoms with Crippen molar-refractivity contribution < 1.29 is 4.42 Å². The fourth-order valence-corrected chi connectivity index (χ4v) is 8.96. The van der Waals surface area contributed by atoms with Crippen LogP contribution in [0.5, 0.6) is 0 Å². The third-order valence-electron chi connectivity index (χ3n) is 11.3. The van der Waals surface area contributed by atoms with E-state index in [-0.39, 0.29) is 0 Å². The number of benzene rings is 11. The van der Waals surface area contributed by atoms with Gasteiger partial charge >= 0.3 is 0 Å². The molecule has 1 aromatic heterocycles. The van der Waals surface area contributed by atoms with E-state index in [1.165, 1.54) is 81.1 Å². The maximum atomic E-state index is 6.99. The first-order chi connectivity index (χ1) is 25.3. The van der Waals surface area contributed by atoms with Crippen LogP contribution in [-0.2, 0) is 0 Å². The normalized spacial score (nSPS) is 12.3. The molecule has 234 valence electrons. The minimum atomic E-state index is 0.923. The van der Waals surface area contributed by atoms with Crippen molar-refractivity contribution in [3.05, 3.63) is 170 Å². The molecule has 0 saturated heterocycles. The first-order valence-electron chi connectivity index (χ1n) is 17.7. The SMILES string of the molecule is c1ccc2c(c1)ccc1c3cc(-c4ccc5ccc6cccc7ccc4c5c67)cc(-c4ccc5ccc6ccc7ccccc7c6c5c4)c3oc21. The molecular weight excluding hydrogens is 617 g/mol. The Morgan fingerprint density at radius 3 is 1.63 bits per heavy atom. The Morgan fingerprint density at radius 1 is 0.255 bits per heavy atom. The molecule has 0 spiro atoms. The highest BCUT2D eigenvalue weighted by molar-refractivity contribution is 6.27. The molecule has 1 heterocycles. The van der Waals surface area contributed by atoms with Gasteiger partial charge in [0.25, 0.3) is 0 Å². The number of fused-ring (bicyclic) bond motifs is 10. The van der Waals surface area contributed by atoms with Gasteiger partial charge in [-0.2, -0.15) is 0 Å². The van der Waals surface area contributed by atoms with Crippen molar-refractivity contribution in [1.29, 1.82) is 0 Å². The quantitative estimate of drug-likeness (QED) is 0.171. The maximum Gasteiger partial charge on any atom is 0.143 e. The summed E-state index contributed by atoms with van der Waals surface area (Å²) in [7, 11) is 0. The van der Waals surface area contributed by atoms with Gasteiger partial charge in [0.1, 0.15) is 11.2 Å². The van der Waals surface area contributed by atoms with Crippen molar-refractivity contribution in [2.24, 2.45) is 0 Å². The first kappa shape index (κ1) is 27.2. The fourth-order valence-electron chi connectivity index (χ4n) is 8.96. The lowest BCUT2D eigenvalue weighted by Gasteiger charge is -2.15. The van der Waals surface area contributed by atoms with Crippen LogP contribution in [0.3, 0.4) is 0 Å². The van der Waals surface area contributed by atoms with E-state index >= 15 is 0 Å². The lowest BCUT2D eigenvalue weighted by molar-refractivity contribution is 0.674. The van der Waals surface area contributed by atoms with E-state index < -0.39 is 0 Å². The zero-order valence-electron chi connectivity index (χ0n) is 27.6. The summed E-state index contributed by atoms with van der Waals surface area (Å²) in [4.78, 5) is 0. The molecule has 0 aliphatic carbocycles. The highest BCUT2D eigenvalue weighted by atomic mass is 16.3. The Kier molecular flexibility index (Phi) is 5.29. The summed E-state index contributed by atoms with van der Waals surface area (Å²) in [5.41, 5.74) is 6.54. The largest absolute Gasteiger partial charge is 0.455 e. The molecule has 51 heavy (non-hydrogen) atoms. The van der Waals surface area contributed by atoms with Crippen molar-refractivity contribution in [2.75, 3.05) is 0 Å². The van der Waals surface area contributed by atoms with Gasteiger partial charge in [0.2, 0.25) is 0 Å². The maximum absolute atomic E-state index is 6.99. The topological polar surface area (TPSA) is 13.1 Å². The van der Waals surface area contributed by atoms with E-state index in [0.717, 1.165) is 38.5 Å². The Hall–Kier alpha value is -6.70. The van der Waals surface area contributed by atoms with Gasteiger partial charge in [-0.05, 0) is 111 Å². The molecule has 0 unspecified atom stereocenters. The van der Waals surface area contributed by atoms with Crippen LogP contribution in [0.2, 0.25) is 0 Å². The number of hydrogen-bond acceptors (Lipinski definition) is 1. The van der Waals surface area contributed by atoms with Crippen molar-refractivity contribution in [1.82, 2.24) is 0 Å². The predicted molar refractivity (Wildman–Crippen MR) is 218 cm³/mol. The molecule has 1 heteroatoms. The Balaban J connectivity index is 1.21. The summed E-state index contributed by atoms with van der Waals surface area (Å²) >= 11 is 0. The molecule has 0 atom stereocenters. The second-order valence-corrected chi connectivity index (χ2v) is 14.0. The van der Waals surface area contributed by atoms with Crippen LogP contribution in [0.4, 0.5) is 0 Å². The van der Waals surface area contributed by atoms with Crippen LogP contribution >= 0.6 is 0 Å². The first-order valence-corrected chi connectivity index (χ1v) is 17.7. The van der Waals surface area contributed by atoms with Gasteiger partial charge in [0.05, 0.1) is 0 Å². The summed E-state index contributed by atoms with van der Waals surface area (Å²) in [6.07, 6.45) is 0. The van der Waals surface area contributed by atoms with E-state index in [1.54, 1.807) is 0 Å². The Bertz CT molecular complexity index is 3400. The predicted octanol–water partition coefficient (Wildman–Crippen LogP) is 14.4. The molecular formula is C50H28O. The zero-order valence-corrected chi connectivity index (χ0v) is 27.6. The molecule has 0 fully saturated rings. The smallest absolute Gasteiger partial charge is 0.143 e. The van der Waals surface area contributed by atoms with Crippen LogP contribution in [0, 0.1) is 0 Å². The van der Waals surface area contributed by atoms with E-state index in [1.807, 2.05) is 0 Å². The summed E-state index contributed by atoms with van der Waals surface area (Å²) in [5, 5.41) is 19.9. The van der Waals surface area contributed by atoms with Gasteiger partial charge in [-0.25, -0.2) is 0 Å². The van der Waals surface area contributed by atoms with Gasteiger partial charge < -0.3 is 4.42 Å². The van der Waals surface area contributed by atoms with Crippen LogP contribution in [0.25, 0.3) is 120 Å². The third-order valence-corrected chi connectivity index (χ3v) is 11.3. The highest BCUT2D eigenvalue weighted by Crippen LogP contribution is 2.45. The van der Waals surface area contributed by atoms with E-state index in [0.29, 0.717) is 0 Å². The lowest BCUT2D eigenvalue weighted by Crippen LogP contribution is -1.89. The van der Waals surface area contributed by atoms with Gasteiger partial charge in [-0.1, -0.05) is 146 Å². The molecule has 0 aliphatic heterocycles. The molecule has 0 radical (unpaired) electrons. The summed E-state index contributed by atoms with van der Waals surface area (Å²) < 4.78 is 6.99. The minimum absolute atomic E-state index is 0.923. The summed E-state index contributed by atoms with van der Waals surface area (Å²) in [6.45, 7) is 0. The zero-order chi connectivity index (χ0) is 33.2. The minimum Gasteiger partial charge on any atom is -0.455 e. The highest BCUT2D eigenvalue weighted by Gasteiger charge is 2.19. The van der Waals surface area contributed by atoms with Crippen molar-refractivity contribution in [3.8, 4) is 22.3 Å². The molecule has 0 bridgehead atoms. The molecule has 0 saturated carbocycles. The monoisotopic (exact) mass is 644 g/mol. The number of furan rings is 1. The van der Waals surface area contributed by atoms with E-state index in [4.69, 9.17) is 4.42 Å². The Morgan fingerprint density at radius 2 is 0.804 bits per heavy atom. The molecule has 0 N–H and O–H groups in total. The van der Waals surface area contributed by atoms with Gasteiger partial charge in [0.15, 0.2) is 0 Å². The van der Waals surface area contributed by atoms with Gasteiger partial charge in [0, 0.05) is 21.7 Å². The van der Waals surface area contributed by atoms with E-state index in [2.05, 4.69) is 170 Å². The molecule has 12 rings (SSSR count). The number of rotatable bonds is 2. The number of hydrogen-bond donors (Lipinski definition) is 0. The third kappa shape index (κ3) is 3.75. The standard InChI is InChI=1S/C50H28O/c1-3-10-39-29(6-1)12-15-34-16-13-31-14-19-36(26-43(31)47(34)39)44-27-37(28-45-42-25-20-30-7-2-4-11-40(30)49(42)51-50(44)45)38-23-21-35-18-17-32-8-5-9-33-22-24-41(38)48(35)46(32)33/h1-28H. The second kappa shape index (κ2) is 9.94. The van der Waals surface area contributed by atoms with Gasteiger partial charge in [-0.3, -0.25) is 0 Å². The summed E-state index contributed by atoms with van der Waals surface area (Å²) in [5.74, 6) is 0. The molecule has 1 nitrogen and oxygen atoms in total. The molecule has 0 amide bonds. The fraction of sp³-hybridized carbons (Fsp3) is 0. The van der Waals surface area contributed by atoms with Crippen LogP contribution in [0.1, 0.15) is 0 Å². The summed E-state index contributed by atoms with van der Waals surface area (Å²) in [6, 6.07) is 62.7. The van der Waals surface area contributed by atoms with Crippen molar-refractivity contribution in [3.63, 3.8) is 0 Å². The lowest BCUT2D eigenvalue weighted by atomic mass is 9.88. The van der Waals surface area contributed by atoms with Crippen LogP contribution < -0.4 is 0 Å². The van der Waals surface area contributed by atoms with Crippen LogP contribution in [0.15, 0.2) is 174 Å². The molecule has 12 aromatic rings. The Labute approximate surface area is 292 Å². The van der Waals surface area contributed by atoms with Crippen molar-refractivity contribution in [2.45, 2.75) is 0 Å². The van der Waals surface area contributed by atoms with Crippen molar-refractivity contribution >= 4 is 97.3 Å². The molecule has 0 aliphatic rings. The van der Waals surface area contributed by atoms with Gasteiger partial charge in [-0.15, -0.1) is 0 Å². The second-order valence-electron chi connectivity index (χ2n) is 14.0. The molecule has 11 aromatic carbocycles. The average molecular weight is 645 g/mol. The van der Waals surface area contributed by atoms with Crippen LogP contribution in [-0.4, -0.2) is 0 Å².